The second-order valence-electron chi connectivity index (χ2n) is 14.4. The fourth-order valence-electron chi connectivity index (χ4n) is 8.83. The molecule has 0 unspecified atom stereocenters. The van der Waals surface area contributed by atoms with Gasteiger partial charge in [0.15, 0.2) is 0 Å². The van der Waals surface area contributed by atoms with Gasteiger partial charge >= 0.3 is 0 Å². The molecule has 0 aliphatic carbocycles. The smallest absolute Gasteiger partial charge is 0.0540 e. The number of benzene rings is 9. The van der Waals surface area contributed by atoms with Crippen molar-refractivity contribution in [1.82, 2.24) is 0 Å². The number of para-hydroxylation sites is 2. The van der Waals surface area contributed by atoms with Gasteiger partial charge in [-0.05, 0) is 102 Å². The number of thiophene rings is 1. The van der Waals surface area contributed by atoms with Crippen LogP contribution >= 0.6 is 11.3 Å². The van der Waals surface area contributed by atoms with Gasteiger partial charge in [0.1, 0.15) is 0 Å². The van der Waals surface area contributed by atoms with Gasteiger partial charge in [0.2, 0.25) is 0 Å². The molecule has 0 bridgehead atoms. The van der Waals surface area contributed by atoms with Crippen molar-refractivity contribution in [2.75, 3.05) is 4.90 Å². The Bertz CT molecular complexity index is 3360. The van der Waals surface area contributed by atoms with E-state index < -0.39 is 0 Å². The maximum absolute atomic E-state index is 2.44. The zero-order valence-corrected chi connectivity index (χ0v) is 31.4. The maximum atomic E-state index is 2.44. The van der Waals surface area contributed by atoms with E-state index in [-0.39, 0.29) is 0 Å². The summed E-state index contributed by atoms with van der Waals surface area (Å²) in [7, 11) is 0. The van der Waals surface area contributed by atoms with Gasteiger partial charge in [-0.1, -0.05) is 170 Å². The molecule has 0 N–H and O–H groups in total. The van der Waals surface area contributed by atoms with E-state index >= 15 is 0 Å². The van der Waals surface area contributed by atoms with Crippen LogP contribution in [0.15, 0.2) is 212 Å². The highest BCUT2D eigenvalue weighted by molar-refractivity contribution is 7.26. The van der Waals surface area contributed by atoms with Crippen LogP contribution in [0, 0.1) is 0 Å². The summed E-state index contributed by atoms with van der Waals surface area (Å²) in [6, 6.07) is 78.0. The topological polar surface area (TPSA) is 3.24 Å². The van der Waals surface area contributed by atoms with E-state index in [1.807, 2.05) is 11.3 Å². The fraction of sp³-hybridized carbons (Fsp3) is 0. The fourth-order valence-corrected chi connectivity index (χ4v) is 9.94. The summed E-state index contributed by atoms with van der Waals surface area (Å²) in [5.41, 5.74) is 5.70. The van der Waals surface area contributed by atoms with Gasteiger partial charge in [-0.2, -0.15) is 0 Å². The van der Waals surface area contributed by atoms with E-state index in [4.69, 9.17) is 0 Å². The van der Waals surface area contributed by atoms with E-state index in [1.54, 1.807) is 0 Å². The zero-order valence-electron chi connectivity index (χ0n) is 30.6. The molecule has 0 atom stereocenters. The Morgan fingerprint density at radius 2 is 0.768 bits per heavy atom. The van der Waals surface area contributed by atoms with E-state index in [0.29, 0.717) is 0 Å². The minimum atomic E-state index is 1.10. The number of hydrogen-bond donors (Lipinski definition) is 0. The lowest BCUT2D eigenvalue weighted by molar-refractivity contribution is 1.29. The molecule has 262 valence electrons. The lowest BCUT2D eigenvalue weighted by Crippen LogP contribution is -2.11. The monoisotopic (exact) mass is 729 g/mol. The molecule has 10 aromatic carbocycles. The second kappa shape index (κ2) is 13.4. The van der Waals surface area contributed by atoms with Gasteiger partial charge in [0.25, 0.3) is 0 Å². The molecule has 0 saturated carbocycles. The van der Waals surface area contributed by atoms with Crippen LogP contribution in [0.1, 0.15) is 0 Å². The summed E-state index contributed by atoms with van der Waals surface area (Å²) >= 11 is 1.88. The van der Waals surface area contributed by atoms with Gasteiger partial charge in [-0.25, -0.2) is 0 Å². The maximum Gasteiger partial charge on any atom is 0.0540 e. The Labute approximate surface area is 329 Å². The van der Waals surface area contributed by atoms with Crippen molar-refractivity contribution >= 4 is 102 Å². The molecule has 0 radical (unpaired) electrons. The Morgan fingerprint density at radius 1 is 0.286 bits per heavy atom. The molecule has 1 nitrogen and oxygen atoms in total. The standard InChI is InChI=1S/C54H35NS/c1-3-17-36(18-4-1)39-21-13-15-29-50(39)55(37-19-5-2-6-20-37)38-31-32-45-43-25-10-8-23-41(43)40-22-7-9-24-42(40)44-26-11-12-27-46(44)53-47(49(45)35-38)33-34-52-54(53)48-28-14-16-30-51(48)56-52/h1-35H. The molecule has 0 amide bonds. The summed E-state index contributed by atoms with van der Waals surface area (Å²) in [4.78, 5) is 2.43. The Morgan fingerprint density at radius 3 is 1.45 bits per heavy atom. The van der Waals surface area contributed by atoms with Crippen molar-refractivity contribution in [2.24, 2.45) is 0 Å². The van der Waals surface area contributed by atoms with Crippen LogP contribution < -0.4 is 4.90 Å². The number of nitrogens with zero attached hydrogens (tertiary/aromatic N) is 1. The molecule has 2 heteroatoms. The molecule has 1 heterocycles. The average Bonchev–Trinajstić information content (AvgIpc) is 3.66. The van der Waals surface area contributed by atoms with E-state index in [0.717, 1.165) is 17.1 Å². The first kappa shape index (κ1) is 32.4. The Hall–Kier alpha value is -7.00. The van der Waals surface area contributed by atoms with Crippen LogP contribution in [0.3, 0.4) is 0 Å². The van der Waals surface area contributed by atoms with E-state index in [2.05, 4.69) is 217 Å². The van der Waals surface area contributed by atoms with E-state index in [9.17, 15) is 0 Å². The quantitative estimate of drug-likeness (QED) is 0.174. The summed E-state index contributed by atoms with van der Waals surface area (Å²) < 4.78 is 2.60. The van der Waals surface area contributed by atoms with Crippen LogP contribution in [0.5, 0.6) is 0 Å². The number of rotatable bonds is 4. The first-order valence-corrected chi connectivity index (χ1v) is 20.0. The predicted molar refractivity (Wildman–Crippen MR) is 245 cm³/mol. The molecule has 56 heavy (non-hydrogen) atoms. The molecule has 0 aliphatic heterocycles. The molecular weight excluding hydrogens is 695 g/mol. The van der Waals surface area contributed by atoms with Gasteiger partial charge in [-0.3, -0.25) is 0 Å². The average molecular weight is 730 g/mol. The first-order valence-electron chi connectivity index (χ1n) is 19.2. The van der Waals surface area contributed by atoms with Crippen molar-refractivity contribution in [3.8, 4) is 11.1 Å². The molecule has 1 aromatic heterocycles. The highest BCUT2D eigenvalue weighted by Gasteiger charge is 2.19. The summed E-state index contributed by atoms with van der Waals surface area (Å²) in [6.45, 7) is 0. The number of fused-ring (bicyclic) bond motifs is 14. The molecule has 0 fully saturated rings. The van der Waals surface area contributed by atoms with Gasteiger partial charge in [0, 0.05) is 37.1 Å². The molecule has 0 saturated heterocycles. The largest absolute Gasteiger partial charge is 0.310 e. The third kappa shape index (κ3) is 5.22. The van der Waals surface area contributed by atoms with Gasteiger partial charge < -0.3 is 4.90 Å². The third-order valence-electron chi connectivity index (χ3n) is 11.3. The van der Waals surface area contributed by atoms with Crippen molar-refractivity contribution in [3.05, 3.63) is 212 Å². The van der Waals surface area contributed by atoms with Gasteiger partial charge in [0.05, 0.1) is 5.69 Å². The van der Waals surface area contributed by atoms with Crippen LogP contribution in [-0.2, 0) is 0 Å². The highest BCUT2D eigenvalue weighted by atomic mass is 32.1. The van der Waals surface area contributed by atoms with Crippen LogP contribution in [-0.4, -0.2) is 0 Å². The van der Waals surface area contributed by atoms with Crippen molar-refractivity contribution in [3.63, 3.8) is 0 Å². The van der Waals surface area contributed by atoms with Crippen LogP contribution in [0.2, 0.25) is 0 Å². The summed E-state index contributed by atoms with van der Waals surface area (Å²) in [5.74, 6) is 0. The van der Waals surface area contributed by atoms with Gasteiger partial charge in [-0.15, -0.1) is 11.3 Å². The zero-order chi connectivity index (χ0) is 37.0. The second-order valence-corrected chi connectivity index (χ2v) is 15.5. The highest BCUT2D eigenvalue weighted by Crippen LogP contribution is 2.46. The normalized spacial score (nSPS) is 11.6. The van der Waals surface area contributed by atoms with Crippen LogP contribution in [0.25, 0.3) is 85.2 Å². The number of hydrogen-bond acceptors (Lipinski definition) is 2. The van der Waals surface area contributed by atoms with Crippen molar-refractivity contribution < 1.29 is 0 Å². The minimum absolute atomic E-state index is 1.10. The summed E-state index contributed by atoms with van der Waals surface area (Å²) in [5, 5.41) is 14.9. The molecule has 0 spiro atoms. The SMILES string of the molecule is c1ccc(-c2ccccc2N(c2ccccc2)c2ccc3c4ccccc4c4ccccc4c4ccccc4c4c(ccc5sc6ccccc6c54)c3c2)cc1. The van der Waals surface area contributed by atoms with Crippen LogP contribution in [0.4, 0.5) is 17.1 Å². The molecule has 0 aliphatic rings. The summed E-state index contributed by atoms with van der Waals surface area (Å²) in [6.07, 6.45) is 0. The first-order chi connectivity index (χ1) is 27.8. The third-order valence-corrected chi connectivity index (χ3v) is 12.4. The lowest BCUT2D eigenvalue weighted by atomic mass is 9.92. The Balaban J connectivity index is 1.38. The van der Waals surface area contributed by atoms with Crippen molar-refractivity contribution in [1.29, 1.82) is 0 Å². The lowest BCUT2D eigenvalue weighted by Gasteiger charge is -2.28. The molecular formula is C54H35NS. The molecule has 11 aromatic rings. The molecule has 11 rings (SSSR count). The van der Waals surface area contributed by atoms with Crippen molar-refractivity contribution in [2.45, 2.75) is 0 Å². The van der Waals surface area contributed by atoms with E-state index in [1.165, 1.54) is 85.2 Å². The Kier molecular flexibility index (Phi) is 7.75. The number of anilines is 3. The minimum Gasteiger partial charge on any atom is -0.310 e. The predicted octanol–water partition coefficient (Wildman–Crippen LogP) is 16.1.